The molecule has 0 fully saturated rings. The second kappa shape index (κ2) is 14.3. The van der Waals surface area contributed by atoms with Crippen molar-refractivity contribution in [3.05, 3.63) is 47.8 Å². The van der Waals surface area contributed by atoms with Crippen molar-refractivity contribution in [2.45, 2.75) is 103 Å². The first-order chi connectivity index (χ1) is 14.2. The van der Waals surface area contributed by atoms with Gasteiger partial charge in [0.2, 0.25) is 0 Å². The molecule has 0 aliphatic heterocycles. The van der Waals surface area contributed by atoms with Gasteiger partial charge in [0.1, 0.15) is 0 Å². The first-order valence-corrected chi connectivity index (χ1v) is 11.8. The topological polar surface area (TPSA) is 25.8 Å². The van der Waals surface area contributed by atoms with Gasteiger partial charge in [-0.2, -0.15) is 0 Å². The summed E-state index contributed by atoms with van der Waals surface area (Å²) in [4.78, 5) is 9.14. The van der Waals surface area contributed by atoms with Gasteiger partial charge in [0.15, 0.2) is 5.82 Å². The summed E-state index contributed by atoms with van der Waals surface area (Å²) in [6, 6.07) is 8.64. The molecule has 0 saturated heterocycles. The largest absolute Gasteiger partial charge is 0.248 e. The van der Waals surface area contributed by atoms with Crippen LogP contribution in [0.5, 0.6) is 0 Å². The summed E-state index contributed by atoms with van der Waals surface area (Å²) < 4.78 is 13.2. The molecule has 0 N–H and O–H groups in total. The molecule has 0 amide bonds. The monoisotopic (exact) mass is 398 g/mol. The summed E-state index contributed by atoms with van der Waals surface area (Å²) in [5.41, 5.74) is 3.67. The molecule has 3 heteroatoms. The Labute approximate surface area is 177 Å². The molecular weight excluding hydrogens is 359 g/mol. The maximum absolute atomic E-state index is 13.2. The summed E-state index contributed by atoms with van der Waals surface area (Å²) in [6.07, 6.45) is 17.9. The third kappa shape index (κ3) is 9.51. The Kier molecular flexibility index (Phi) is 11.6. The fourth-order valence-corrected chi connectivity index (χ4v) is 3.64. The Hall–Kier alpha value is -1.77. The number of aromatic nitrogens is 2. The minimum atomic E-state index is -0.607. The van der Waals surface area contributed by atoms with Crippen molar-refractivity contribution >= 4 is 0 Å². The number of hydrogen-bond acceptors (Lipinski definition) is 2. The minimum Gasteiger partial charge on any atom is -0.248 e. The SMILES string of the molecule is CCCCCCCc1cnc(-c2ccc(CCCCCCC(F)CC)cc2)nc1. The van der Waals surface area contributed by atoms with E-state index in [1.807, 2.05) is 19.3 Å². The molecular formula is C26H39FN2. The van der Waals surface area contributed by atoms with E-state index in [1.165, 1.54) is 56.1 Å². The van der Waals surface area contributed by atoms with E-state index < -0.39 is 6.17 Å². The van der Waals surface area contributed by atoms with Crippen molar-refractivity contribution in [2.75, 3.05) is 0 Å². The number of benzene rings is 1. The van der Waals surface area contributed by atoms with Crippen LogP contribution >= 0.6 is 0 Å². The molecule has 1 heterocycles. The van der Waals surface area contributed by atoms with Crippen molar-refractivity contribution in [2.24, 2.45) is 0 Å². The zero-order valence-corrected chi connectivity index (χ0v) is 18.5. The average molecular weight is 399 g/mol. The lowest BCUT2D eigenvalue weighted by Crippen LogP contribution is -1.96. The third-order valence-electron chi connectivity index (χ3n) is 5.66. The lowest BCUT2D eigenvalue weighted by Gasteiger charge is -2.06. The quantitative estimate of drug-likeness (QED) is 0.285. The first-order valence-electron chi connectivity index (χ1n) is 11.8. The Morgan fingerprint density at radius 1 is 0.724 bits per heavy atom. The van der Waals surface area contributed by atoms with Gasteiger partial charge in [-0.05, 0) is 49.7 Å². The van der Waals surface area contributed by atoms with Crippen LogP contribution in [-0.2, 0) is 12.8 Å². The molecule has 29 heavy (non-hydrogen) atoms. The van der Waals surface area contributed by atoms with Gasteiger partial charge >= 0.3 is 0 Å². The highest BCUT2D eigenvalue weighted by molar-refractivity contribution is 5.55. The second-order valence-electron chi connectivity index (χ2n) is 8.23. The molecule has 1 aromatic heterocycles. The summed E-state index contributed by atoms with van der Waals surface area (Å²) in [7, 11) is 0. The molecule has 0 spiro atoms. The average Bonchev–Trinajstić information content (AvgIpc) is 2.76. The Bertz CT molecular complexity index is 651. The molecule has 160 valence electrons. The molecule has 0 bridgehead atoms. The maximum Gasteiger partial charge on any atom is 0.159 e. The van der Waals surface area contributed by atoms with E-state index in [0.29, 0.717) is 6.42 Å². The smallest absolute Gasteiger partial charge is 0.159 e. The Morgan fingerprint density at radius 3 is 1.93 bits per heavy atom. The highest BCUT2D eigenvalue weighted by atomic mass is 19.1. The van der Waals surface area contributed by atoms with Gasteiger partial charge in [-0.1, -0.05) is 83.1 Å². The minimum absolute atomic E-state index is 0.607. The lowest BCUT2D eigenvalue weighted by molar-refractivity contribution is 0.296. The van der Waals surface area contributed by atoms with E-state index in [-0.39, 0.29) is 0 Å². The fourth-order valence-electron chi connectivity index (χ4n) is 3.64. The molecule has 1 unspecified atom stereocenters. The number of rotatable bonds is 15. The van der Waals surface area contributed by atoms with Gasteiger partial charge < -0.3 is 0 Å². The van der Waals surface area contributed by atoms with E-state index in [0.717, 1.165) is 43.5 Å². The van der Waals surface area contributed by atoms with E-state index in [9.17, 15) is 4.39 Å². The van der Waals surface area contributed by atoms with Crippen molar-refractivity contribution in [3.63, 3.8) is 0 Å². The van der Waals surface area contributed by atoms with Gasteiger partial charge in [-0.15, -0.1) is 0 Å². The maximum atomic E-state index is 13.2. The van der Waals surface area contributed by atoms with Crippen LogP contribution in [0.4, 0.5) is 4.39 Å². The zero-order valence-electron chi connectivity index (χ0n) is 18.5. The number of aryl methyl sites for hydroxylation is 2. The van der Waals surface area contributed by atoms with Gasteiger partial charge in [0.25, 0.3) is 0 Å². The standard InChI is InChI=1S/C26H39FN2/c1-3-5-6-7-11-14-23-20-28-26(29-21-23)24-18-16-22(17-19-24)13-10-8-9-12-15-25(27)4-2/h16-21,25H,3-15H2,1-2H3. The molecule has 1 atom stereocenters. The molecule has 0 aliphatic carbocycles. The van der Waals surface area contributed by atoms with Crippen molar-refractivity contribution in [3.8, 4) is 11.4 Å². The van der Waals surface area contributed by atoms with E-state index in [1.54, 1.807) is 0 Å². The number of alkyl halides is 1. The number of unbranched alkanes of at least 4 members (excludes halogenated alkanes) is 7. The van der Waals surface area contributed by atoms with Gasteiger partial charge in [0, 0.05) is 18.0 Å². The molecule has 1 aromatic carbocycles. The van der Waals surface area contributed by atoms with Crippen LogP contribution in [0.25, 0.3) is 11.4 Å². The lowest BCUT2D eigenvalue weighted by atomic mass is 10.0. The molecule has 2 aromatic rings. The fraction of sp³-hybridized carbons (Fsp3) is 0.615. The van der Waals surface area contributed by atoms with Crippen molar-refractivity contribution < 1.29 is 4.39 Å². The second-order valence-corrected chi connectivity index (χ2v) is 8.23. The number of nitrogens with zero attached hydrogens (tertiary/aromatic N) is 2. The van der Waals surface area contributed by atoms with Crippen LogP contribution in [-0.4, -0.2) is 16.1 Å². The van der Waals surface area contributed by atoms with E-state index in [2.05, 4.69) is 41.2 Å². The van der Waals surface area contributed by atoms with Gasteiger partial charge in [-0.25, -0.2) is 14.4 Å². The third-order valence-corrected chi connectivity index (χ3v) is 5.66. The van der Waals surface area contributed by atoms with E-state index in [4.69, 9.17) is 0 Å². The summed E-state index contributed by atoms with van der Waals surface area (Å²) in [5, 5.41) is 0. The summed E-state index contributed by atoms with van der Waals surface area (Å²) in [6.45, 7) is 4.17. The van der Waals surface area contributed by atoms with Crippen LogP contribution in [0.3, 0.4) is 0 Å². The Balaban J connectivity index is 1.69. The highest BCUT2D eigenvalue weighted by Crippen LogP contribution is 2.18. The summed E-state index contributed by atoms with van der Waals surface area (Å²) in [5.74, 6) is 0.808. The highest BCUT2D eigenvalue weighted by Gasteiger charge is 2.04. The van der Waals surface area contributed by atoms with Crippen LogP contribution in [0.1, 0.15) is 95.6 Å². The first kappa shape index (κ1) is 23.5. The van der Waals surface area contributed by atoms with E-state index >= 15 is 0 Å². The zero-order chi connectivity index (χ0) is 20.7. The predicted octanol–water partition coefficient (Wildman–Crippen LogP) is 7.90. The van der Waals surface area contributed by atoms with Crippen LogP contribution in [0.15, 0.2) is 36.7 Å². The summed E-state index contributed by atoms with van der Waals surface area (Å²) >= 11 is 0. The number of hydrogen-bond donors (Lipinski definition) is 0. The van der Waals surface area contributed by atoms with Crippen LogP contribution < -0.4 is 0 Å². The normalized spacial score (nSPS) is 12.2. The molecule has 2 rings (SSSR count). The molecule has 2 nitrogen and oxygen atoms in total. The number of halogens is 1. The molecule has 0 aliphatic rings. The Morgan fingerprint density at radius 2 is 1.31 bits per heavy atom. The van der Waals surface area contributed by atoms with Crippen LogP contribution in [0.2, 0.25) is 0 Å². The van der Waals surface area contributed by atoms with Crippen molar-refractivity contribution in [1.29, 1.82) is 0 Å². The van der Waals surface area contributed by atoms with Gasteiger partial charge in [0.05, 0.1) is 6.17 Å². The van der Waals surface area contributed by atoms with Crippen LogP contribution in [0, 0.1) is 0 Å². The molecule has 0 saturated carbocycles. The van der Waals surface area contributed by atoms with Gasteiger partial charge in [-0.3, -0.25) is 0 Å². The van der Waals surface area contributed by atoms with Crippen molar-refractivity contribution in [1.82, 2.24) is 9.97 Å². The predicted molar refractivity (Wildman–Crippen MR) is 122 cm³/mol. The molecule has 0 radical (unpaired) electrons.